The number of pyridine rings is 1. The van der Waals surface area contributed by atoms with Gasteiger partial charge >= 0.3 is 0 Å². The molecular weight excluding hydrogens is 174 g/mol. The summed E-state index contributed by atoms with van der Waals surface area (Å²) < 4.78 is 25.6. The fraction of sp³-hybridized carbons (Fsp3) is 0.444. The summed E-state index contributed by atoms with van der Waals surface area (Å²) in [5.74, 6) is -2.78. The van der Waals surface area contributed by atoms with Crippen molar-refractivity contribution in [3.8, 4) is 0 Å². The third-order valence-electron chi connectivity index (χ3n) is 2.40. The number of halogens is 2. The molecule has 2 N–H and O–H groups in total. The van der Waals surface area contributed by atoms with Crippen molar-refractivity contribution in [2.75, 3.05) is 0 Å². The second kappa shape index (κ2) is 2.26. The Morgan fingerprint density at radius 3 is 2.46 bits per heavy atom. The van der Waals surface area contributed by atoms with E-state index in [4.69, 9.17) is 5.73 Å². The summed E-state index contributed by atoms with van der Waals surface area (Å²) in [6.07, 6.45) is 1.26. The first-order valence-electron chi connectivity index (χ1n) is 4.05. The van der Waals surface area contributed by atoms with Gasteiger partial charge in [-0.05, 0) is 18.6 Å². The highest BCUT2D eigenvalue weighted by atomic mass is 19.3. The molecule has 1 atom stereocenters. The number of aromatic nitrogens is 1. The van der Waals surface area contributed by atoms with Gasteiger partial charge in [-0.3, -0.25) is 4.98 Å². The Labute approximate surface area is 74.8 Å². The average molecular weight is 184 g/mol. The molecule has 13 heavy (non-hydrogen) atoms. The molecule has 4 heteroatoms. The first-order chi connectivity index (χ1) is 5.96. The number of hydrogen-bond donors (Lipinski definition) is 1. The Hall–Kier alpha value is -1.03. The van der Waals surface area contributed by atoms with Crippen molar-refractivity contribution in [1.29, 1.82) is 0 Å². The van der Waals surface area contributed by atoms with Crippen LogP contribution in [0.5, 0.6) is 0 Å². The fourth-order valence-electron chi connectivity index (χ4n) is 1.32. The van der Waals surface area contributed by atoms with Crippen LogP contribution in [0.15, 0.2) is 18.3 Å². The predicted molar refractivity (Wildman–Crippen MR) is 44.4 cm³/mol. The van der Waals surface area contributed by atoms with Crippen molar-refractivity contribution in [3.05, 3.63) is 29.6 Å². The van der Waals surface area contributed by atoms with Crippen LogP contribution in [0.25, 0.3) is 0 Å². The van der Waals surface area contributed by atoms with Gasteiger partial charge in [-0.2, -0.15) is 0 Å². The van der Waals surface area contributed by atoms with Crippen molar-refractivity contribution in [1.82, 2.24) is 4.98 Å². The number of aryl methyl sites for hydroxylation is 1. The first-order valence-corrected chi connectivity index (χ1v) is 4.05. The molecule has 1 unspecified atom stereocenters. The summed E-state index contributed by atoms with van der Waals surface area (Å²) in [4.78, 5) is 3.90. The molecule has 0 aromatic carbocycles. The summed E-state index contributed by atoms with van der Waals surface area (Å²) in [7, 11) is 0. The van der Waals surface area contributed by atoms with Gasteiger partial charge in [0.1, 0.15) is 5.54 Å². The maximum absolute atomic E-state index is 12.8. The summed E-state index contributed by atoms with van der Waals surface area (Å²) in [6.45, 7) is 1.85. The molecular formula is C9H10F2N2. The van der Waals surface area contributed by atoms with Gasteiger partial charge in [0.25, 0.3) is 5.92 Å². The number of alkyl halides is 2. The van der Waals surface area contributed by atoms with Gasteiger partial charge in [0, 0.05) is 12.6 Å². The smallest absolute Gasteiger partial charge is 0.273 e. The lowest BCUT2D eigenvalue weighted by molar-refractivity contribution is 0.0881. The van der Waals surface area contributed by atoms with Gasteiger partial charge < -0.3 is 5.73 Å². The van der Waals surface area contributed by atoms with Crippen LogP contribution in [0.1, 0.15) is 17.7 Å². The highest BCUT2D eigenvalue weighted by Crippen LogP contribution is 2.56. The molecule has 0 spiro atoms. The minimum Gasteiger partial charge on any atom is -0.315 e. The van der Waals surface area contributed by atoms with Crippen LogP contribution in [0.4, 0.5) is 8.78 Å². The van der Waals surface area contributed by atoms with E-state index in [1.54, 1.807) is 18.3 Å². The summed E-state index contributed by atoms with van der Waals surface area (Å²) in [5, 5.41) is 0. The zero-order valence-electron chi connectivity index (χ0n) is 7.22. The Kier molecular flexibility index (Phi) is 1.49. The monoisotopic (exact) mass is 184 g/mol. The second-order valence-corrected chi connectivity index (χ2v) is 3.57. The van der Waals surface area contributed by atoms with E-state index < -0.39 is 11.5 Å². The van der Waals surface area contributed by atoms with Crippen molar-refractivity contribution in [2.24, 2.45) is 5.73 Å². The number of nitrogens with zero attached hydrogens (tertiary/aromatic N) is 1. The zero-order valence-corrected chi connectivity index (χ0v) is 7.22. The minimum absolute atomic E-state index is 0.281. The lowest BCUT2D eigenvalue weighted by atomic mass is 10.1. The SMILES string of the molecule is Cc1ccc(C2(N)CC2(F)F)nc1. The molecule has 70 valence electrons. The normalized spacial score (nSPS) is 30.2. The lowest BCUT2D eigenvalue weighted by Gasteiger charge is -2.08. The lowest BCUT2D eigenvalue weighted by Crippen LogP contribution is -2.28. The van der Waals surface area contributed by atoms with Crippen molar-refractivity contribution in [2.45, 2.75) is 24.8 Å². The molecule has 1 heterocycles. The van der Waals surface area contributed by atoms with Gasteiger partial charge in [0.05, 0.1) is 5.69 Å². The Morgan fingerprint density at radius 1 is 1.46 bits per heavy atom. The van der Waals surface area contributed by atoms with E-state index >= 15 is 0 Å². The number of nitrogens with two attached hydrogens (primary N) is 1. The molecule has 1 aromatic rings. The Bertz CT molecular complexity index is 334. The van der Waals surface area contributed by atoms with Gasteiger partial charge in [-0.1, -0.05) is 6.07 Å². The average Bonchev–Trinajstić information content (AvgIpc) is 2.53. The van der Waals surface area contributed by atoms with Gasteiger partial charge in [-0.25, -0.2) is 8.78 Å². The van der Waals surface area contributed by atoms with E-state index in [-0.39, 0.29) is 12.1 Å². The van der Waals surface area contributed by atoms with Crippen LogP contribution in [-0.2, 0) is 5.54 Å². The molecule has 1 fully saturated rings. The number of rotatable bonds is 1. The Balaban J connectivity index is 2.34. The van der Waals surface area contributed by atoms with Crippen molar-refractivity contribution in [3.63, 3.8) is 0 Å². The molecule has 1 saturated carbocycles. The van der Waals surface area contributed by atoms with E-state index in [2.05, 4.69) is 4.98 Å². The largest absolute Gasteiger partial charge is 0.315 e. The Morgan fingerprint density at radius 2 is 2.08 bits per heavy atom. The van der Waals surface area contributed by atoms with E-state index in [1.165, 1.54) is 0 Å². The summed E-state index contributed by atoms with van der Waals surface area (Å²) in [6, 6.07) is 3.31. The molecule has 1 aliphatic carbocycles. The van der Waals surface area contributed by atoms with Gasteiger partial charge in [0.15, 0.2) is 0 Å². The van der Waals surface area contributed by atoms with E-state index in [0.717, 1.165) is 5.56 Å². The summed E-state index contributed by atoms with van der Waals surface area (Å²) in [5.41, 5.74) is 5.19. The van der Waals surface area contributed by atoms with Crippen LogP contribution < -0.4 is 5.73 Å². The molecule has 1 aliphatic rings. The molecule has 0 amide bonds. The van der Waals surface area contributed by atoms with E-state index in [0.29, 0.717) is 0 Å². The fourth-order valence-corrected chi connectivity index (χ4v) is 1.32. The number of hydrogen-bond acceptors (Lipinski definition) is 2. The van der Waals surface area contributed by atoms with Crippen molar-refractivity contribution < 1.29 is 8.78 Å². The molecule has 2 nitrogen and oxygen atoms in total. The quantitative estimate of drug-likeness (QED) is 0.719. The highest BCUT2D eigenvalue weighted by molar-refractivity contribution is 5.31. The standard InChI is InChI=1S/C9H10F2N2/c1-6-2-3-7(13-4-6)8(12)5-9(8,10)11/h2-4H,5,12H2,1H3. The molecule has 0 bridgehead atoms. The molecule has 0 aliphatic heterocycles. The topological polar surface area (TPSA) is 38.9 Å². The third kappa shape index (κ3) is 1.13. The van der Waals surface area contributed by atoms with Crippen molar-refractivity contribution >= 4 is 0 Å². The highest BCUT2D eigenvalue weighted by Gasteiger charge is 2.70. The third-order valence-corrected chi connectivity index (χ3v) is 2.40. The van der Waals surface area contributed by atoms with Crippen LogP contribution in [0.3, 0.4) is 0 Å². The second-order valence-electron chi connectivity index (χ2n) is 3.57. The maximum atomic E-state index is 12.8. The molecule has 0 saturated heterocycles. The molecule has 1 aromatic heterocycles. The first kappa shape index (κ1) is 8.56. The van der Waals surface area contributed by atoms with Crippen LogP contribution in [0.2, 0.25) is 0 Å². The van der Waals surface area contributed by atoms with Crippen LogP contribution in [0, 0.1) is 6.92 Å². The summed E-state index contributed by atoms with van der Waals surface area (Å²) >= 11 is 0. The van der Waals surface area contributed by atoms with Gasteiger partial charge in [0.2, 0.25) is 0 Å². The van der Waals surface area contributed by atoms with E-state index in [1.807, 2.05) is 6.92 Å². The van der Waals surface area contributed by atoms with Crippen LogP contribution >= 0.6 is 0 Å². The maximum Gasteiger partial charge on any atom is 0.273 e. The van der Waals surface area contributed by atoms with Crippen LogP contribution in [-0.4, -0.2) is 10.9 Å². The molecule has 2 rings (SSSR count). The molecule has 0 radical (unpaired) electrons. The van der Waals surface area contributed by atoms with Gasteiger partial charge in [-0.15, -0.1) is 0 Å². The minimum atomic E-state index is -2.78. The predicted octanol–water partition coefficient (Wildman–Crippen LogP) is 1.58. The van der Waals surface area contributed by atoms with E-state index in [9.17, 15) is 8.78 Å². The zero-order chi connectivity index (χ0) is 9.69.